The Labute approximate surface area is 502 Å². The highest BCUT2D eigenvalue weighted by Crippen LogP contribution is 2.43. The molecule has 3 unspecified atom stereocenters. The maximum atomic E-state index is 13.6. The number of nitrogens with one attached hydrogen (secondary N) is 1. The van der Waals surface area contributed by atoms with Crippen LogP contribution < -0.4 is 5.32 Å². The zero-order chi connectivity index (χ0) is 59.3. The van der Waals surface area contributed by atoms with Crippen LogP contribution in [0.15, 0.2) is 60.8 Å². The molecule has 0 bridgehead atoms. The lowest BCUT2D eigenvalue weighted by atomic mass is 10.0. The van der Waals surface area contributed by atoms with E-state index in [0.717, 1.165) is 83.5 Å². The molecule has 0 heterocycles. The molecule has 0 aliphatic heterocycles. The van der Waals surface area contributed by atoms with E-state index in [1.165, 1.54) is 212 Å². The molecule has 0 radical (unpaired) electrons. The number of ether oxygens (including phenoxy) is 1. The van der Waals surface area contributed by atoms with E-state index in [9.17, 15) is 19.0 Å². The first-order chi connectivity index (χ1) is 39.4. The number of hydrogen-bond donors (Lipinski definition) is 2. The van der Waals surface area contributed by atoms with Gasteiger partial charge in [0.2, 0.25) is 5.91 Å². The lowest BCUT2D eigenvalue weighted by molar-refractivity contribution is -0.870. The van der Waals surface area contributed by atoms with Crippen molar-refractivity contribution in [2.75, 3.05) is 40.9 Å². The summed E-state index contributed by atoms with van der Waals surface area (Å²) >= 11 is 0. The molecule has 0 spiro atoms. The molecule has 0 aromatic heterocycles. The van der Waals surface area contributed by atoms with Crippen LogP contribution in [0.4, 0.5) is 0 Å². The molecule has 0 saturated heterocycles. The number of phosphoric acid groups is 1. The second-order valence-electron chi connectivity index (χ2n) is 24.7. The third-order valence-electron chi connectivity index (χ3n) is 15.4. The van der Waals surface area contributed by atoms with Gasteiger partial charge in [-0.05, 0) is 96.0 Å². The van der Waals surface area contributed by atoms with Crippen LogP contribution in [0.1, 0.15) is 329 Å². The number of phosphoric ester groups is 1. The van der Waals surface area contributed by atoms with Crippen molar-refractivity contribution < 1.29 is 37.3 Å². The highest BCUT2D eigenvalue weighted by molar-refractivity contribution is 7.47. The molecule has 2 N–H and O–H groups in total. The molecular weight excluding hydrogens is 1020 g/mol. The minimum Gasteiger partial charge on any atom is -0.456 e. The smallest absolute Gasteiger partial charge is 0.456 e. The van der Waals surface area contributed by atoms with Crippen molar-refractivity contribution in [3.05, 3.63) is 60.8 Å². The summed E-state index contributed by atoms with van der Waals surface area (Å²) in [5.41, 5.74) is 0. The third kappa shape index (κ3) is 62.1. The summed E-state index contributed by atoms with van der Waals surface area (Å²) in [5.74, 6) is -0.503. The fourth-order valence-corrected chi connectivity index (χ4v) is 10.8. The van der Waals surface area contributed by atoms with Gasteiger partial charge in [-0.15, -0.1) is 0 Å². The average Bonchev–Trinajstić information content (AvgIpc) is 3.44. The molecule has 0 aliphatic carbocycles. The summed E-state index contributed by atoms with van der Waals surface area (Å²) in [6.07, 6.45) is 77.9. The van der Waals surface area contributed by atoms with Crippen LogP contribution >= 0.6 is 7.82 Å². The van der Waals surface area contributed by atoms with Gasteiger partial charge in [-0.2, -0.15) is 0 Å². The maximum Gasteiger partial charge on any atom is 0.472 e. The van der Waals surface area contributed by atoms with E-state index < -0.39 is 20.0 Å². The molecule has 0 aromatic carbocycles. The van der Waals surface area contributed by atoms with Gasteiger partial charge in [-0.25, -0.2) is 4.57 Å². The van der Waals surface area contributed by atoms with E-state index in [4.69, 9.17) is 13.8 Å². The van der Waals surface area contributed by atoms with Crippen LogP contribution in [-0.2, 0) is 27.9 Å². The summed E-state index contributed by atoms with van der Waals surface area (Å²) in [4.78, 5) is 37.9. The molecule has 9 nitrogen and oxygen atoms in total. The van der Waals surface area contributed by atoms with Crippen LogP contribution in [0.25, 0.3) is 0 Å². The zero-order valence-electron chi connectivity index (χ0n) is 54.3. The Hall–Kier alpha value is -2.29. The van der Waals surface area contributed by atoms with Gasteiger partial charge >= 0.3 is 13.8 Å². The second kappa shape index (κ2) is 60.8. The lowest BCUT2D eigenvalue weighted by Gasteiger charge is -2.27. The predicted octanol–water partition coefficient (Wildman–Crippen LogP) is 21.8. The Morgan fingerprint density at radius 3 is 1.14 bits per heavy atom. The maximum absolute atomic E-state index is 13.6. The first kappa shape index (κ1) is 78.7. The van der Waals surface area contributed by atoms with Gasteiger partial charge in [0, 0.05) is 12.8 Å². The standard InChI is InChI=1S/C71H133N2O7P/c1-7-10-13-16-19-22-25-28-30-32-33-34-35-36-37-38-39-41-43-46-49-52-55-58-61-64-71(75)80-69(62-59-56-53-50-47-44-27-24-21-18-15-12-9-3)68(67-79-81(76,77)78-66-65-73(4,5)6)72-70(74)63-60-57-54-51-48-45-42-40-31-29-26-23-20-17-14-11-8-2/h19-20,22-23,28-31,59,62,68-69H,7-18,21,24-27,32-58,60-61,63-67H2,1-6H3,(H-,72,74,76,77)/p+1/b22-19-,23-20-,30-28-,31-29-,62-59-. The van der Waals surface area contributed by atoms with Crippen LogP contribution in [0, 0.1) is 0 Å². The topological polar surface area (TPSA) is 111 Å². The number of amides is 1. The normalized spacial score (nSPS) is 13.9. The van der Waals surface area contributed by atoms with Crippen LogP contribution in [0.5, 0.6) is 0 Å². The van der Waals surface area contributed by atoms with Crippen molar-refractivity contribution >= 4 is 19.7 Å². The number of unbranched alkanes of at least 4 members (excludes halogenated alkanes) is 39. The predicted molar refractivity (Wildman–Crippen MR) is 351 cm³/mol. The molecule has 10 heteroatoms. The number of allylic oxidation sites excluding steroid dienone is 9. The largest absolute Gasteiger partial charge is 0.472 e. The van der Waals surface area contributed by atoms with Crippen molar-refractivity contribution in [3.63, 3.8) is 0 Å². The fraction of sp³-hybridized carbons (Fsp3) is 0.831. The molecule has 3 atom stereocenters. The van der Waals surface area contributed by atoms with Gasteiger partial charge in [-0.1, -0.05) is 281 Å². The van der Waals surface area contributed by atoms with Crippen molar-refractivity contribution in [3.8, 4) is 0 Å². The highest BCUT2D eigenvalue weighted by atomic mass is 31.2. The molecular formula is C71H134N2O7P+. The fourth-order valence-electron chi connectivity index (χ4n) is 10.1. The average molecular weight is 1160 g/mol. The van der Waals surface area contributed by atoms with Gasteiger partial charge in [0.25, 0.3) is 0 Å². The Morgan fingerprint density at radius 2 is 0.753 bits per heavy atom. The second-order valence-corrected chi connectivity index (χ2v) is 26.1. The number of quaternary nitrogens is 1. The number of hydrogen-bond acceptors (Lipinski definition) is 6. The monoisotopic (exact) mass is 1160 g/mol. The van der Waals surface area contributed by atoms with Crippen molar-refractivity contribution in [1.82, 2.24) is 5.32 Å². The Kier molecular flexibility index (Phi) is 59.1. The molecule has 0 saturated carbocycles. The summed E-state index contributed by atoms with van der Waals surface area (Å²) in [6.45, 7) is 6.99. The first-order valence-corrected chi connectivity index (χ1v) is 36.1. The number of nitrogens with zero attached hydrogens (tertiary/aromatic N) is 1. The summed E-state index contributed by atoms with van der Waals surface area (Å²) < 4.78 is 30.8. The Morgan fingerprint density at radius 1 is 0.432 bits per heavy atom. The van der Waals surface area contributed by atoms with Crippen molar-refractivity contribution in [2.24, 2.45) is 0 Å². The van der Waals surface area contributed by atoms with E-state index in [2.05, 4.69) is 74.7 Å². The van der Waals surface area contributed by atoms with Gasteiger partial charge in [-0.3, -0.25) is 18.6 Å². The summed E-state index contributed by atoms with van der Waals surface area (Å²) in [5, 5.41) is 3.07. The van der Waals surface area contributed by atoms with Gasteiger partial charge < -0.3 is 19.4 Å². The molecule has 0 aromatic rings. The molecule has 0 aliphatic rings. The Balaban J connectivity index is 5.10. The zero-order valence-corrected chi connectivity index (χ0v) is 55.2. The van der Waals surface area contributed by atoms with Crippen LogP contribution in [0.3, 0.4) is 0 Å². The number of esters is 1. The van der Waals surface area contributed by atoms with Crippen LogP contribution in [0.2, 0.25) is 0 Å². The highest BCUT2D eigenvalue weighted by Gasteiger charge is 2.30. The minimum absolute atomic E-state index is 0.0386. The third-order valence-corrected chi connectivity index (χ3v) is 16.4. The molecule has 474 valence electrons. The van der Waals surface area contributed by atoms with Crippen molar-refractivity contribution in [1.29, 1.82) is 0 Å². The molecule has 81 heavy (non-hydrogen) atoms. The lowest BCUT2D eigenvalue weighted by Crippen LogP contribution is -2.47. The Bertz CT molecular complexity index is 1570. The van der Waals surface area contributed by atoms with E-state index >= 15 is 0 Å². The van der Waals surface area contributed by atoms with Gasteiger partial charge in [0.05, 0.1) is 33.8 Å². The quantitative estimate of drug-likeness (QED) is 0.0205. The molecule has 1 amide bonds. The first-order valence-electron chi connectivity index (χ1n) is 34.6. The van der Waals surface area contributed by atoms with Crippen molar-refractivity contribution in [2.45, 2.75) is 341 Å². The van der Waals surface area contributed by atoms with E-state index in [1.54, 1.807) is 0 Å². The summed E-state index contributed by atoms with van der Waals surface area (Å²) in [7, 11) is 1.50. The number of rotatable bonds is 63. The van der Waals surface area contributed by atoms with Gasteiger partial charge in [0.1, 0.15) is 19.3 Å². The summed E-state index contributed by atoms with van der Waals surface area (Å²) in [6, 6.07) is -0.853. The molecule has 0 rings (SSSR count). The number of carbonyl (C=O) groups is 2. The van der Waals surface area contributed by atoms with Crippen LogP contribution in [-0.4, -0.2) is 74.3 Å². The SMILES string of the molecule is CCCCC/C=C\C/C=C\CCCCCCCCCCCCCCCCCC(=O)OC(/C=C\CCCCCCCCCCCCC)C(COP(=O)(O)OCC[N+](C)(C)C)NC(=O)CCCCCCCCC/C=C\C/C=C\CCCCC. The van der Waals surface area contributed by atoms with E-state index in [0.29, 0.717) is 23.9 Å². The number of carbonyl (C=O) groups excluding carboxylic acids is 2. The van der Waals surface area contributed by atoms with Gasteiger partial charge in [0.15, 0.2) is 0 Å². The minimum atomic E-state index is -4.45. The molecule has 0 fully saturated rings. The number of likely N-dealkylation sites (N-methyl/N-ethyl adjacent to an activating group) is 1. The van der Waals surface area contributed by atoms with E-state index in [-0.39, 0.29) is 25.1 Å². The van der Waals surface area contributed by atoms with E-state index in [1.807, 2.05) is 33.3 Å².